The molecule has 0 bridgehead atoms. The van der Waals surface area contributed by atoms with Crippen LogP contribution in [-0.2, 0) is 11.3 Å². The molecule has 0 saturated heterocycles. The fraction of sp³-hybridized carbons (Fsp3) is 0.429. The molecule has 1 unspecified atom stereocenters. The number of aryl methyl sites for hydroxylation is 1. The molecule has 19 heavy (non-hydrogen) atoms. The highest BCUT2D eigenvalue weighted by atomic mass is 35.5. The van der Waals surface area contributed by atoms with Gasteiger partial charge in [-0.25, -0.2) is 4.98 Å². The summed E-state index contributed by atoms with van der Waals surface area (Å²) in [7, 11) is 3.49. The molecular formula is C14H18ClN3O. The first kappa shape index (κ1) is 13.9. The number of alkyl halides is 1. The summed E-state index contributed by atoms with van der Waals surface area (Å²) in [5.41, 5.74) is 2.97. The van der Waals surface area contributed by atoms with Gasteiger partial charge in [-0.05, 0) is 31.5 Å². The van der Waals surface area contributed by atoms with Gasteiger partial charge >= 0.3 is 0 Å². The zero-order valence-corrected chi connectivity index (χ0v) is 12.4. The van der Waals surface area contributed by atoms with E-state index in [1.807, 2.05) is 36.6 Å². The molecule has 0 N–H and O–H groups in total. The van der Waals surface area contributed by atoms with Crippen LogP contribution in [0.25, 0.3) is 11.0 Å². The maximum atomic E-state index is 11.9. The Balaban J connectivity index is 2.55. The SMILES string of the molecule is Cc1ccc2c(c1)nc(C(C)Cl)n2CC(=O)N(C)C. The molecule has 1 atom stereocenters. The van der Waals surface area contributed by atoms with Crippen molar-refractivity contribution >= 4 is 28.5 Å². The summed E-state index contributed by atoms with van der Waals surface area (Å²) in [5.74, 6) is 0.760. The number of hydrogen-bond acceptors (Lipinski definition) is 2. The van der Waals surface area contributed by atoms with E-state index in [4.69, 9.17) is 11.6 Å². The molecule has 2 rings (SSSR count). The van der Waals surface area contributed by atoms with Crippen LogP contribution in [0, 0.1) is 6.92 Å². The number of likely N-dealkylation sites (N-methyl/N-ethyl adjacent to an activating group) is 1. The molecule has 2 aromatic rings. The topological polar surface area (TPSA) is 38.1 Å². The number of aromatic nitrogens is 2. The van der Waals surface area contributed by atoms with E-state index in [1.165, 1.54) is 0 Å². The standard InChI is InChI=1S/C14H18ClN3O/c1-9-5-6-12-11(7-9)16-14(10(2)15)18(12)8-13(19)17(3)4/h5-7,10H,8H2,1-4H3. The van der Waals surface area contributed by atoms with Crippen LogP contribution in [0.4, 0.5) is 0 Å². The van der Waals surface area contributed by atoms with Gasteiger partial charge in [0, 0.05) is 14.1 Å². The predicted molar refractivity (Wildman–Crippen MR) is 77.4 cm³/mol. The summed E-state index contributed by atoms with van der Waals surface area (Å²) in [6.07, 6.45) is 0. The Labute approximate surface area is 118 Å². The lowest BCUT2D eigenvalue weighted by Gasteiger charge is -2.14. The van der Waals surface area contributed by atoms with E-state index in [1.54, 1.807) is 19.0 Å². The summed E-state index contributed by atoms with van der Waals surface area (Å²) in [6, 6.07) is 6.02. The molecule has 0 fully saturated rings. The molecule has 102 valence electrons. The Kier molecular flexibility index (Phi) is 3.80. The van der Waals surface area contributed by atoms with Crippen LogP contribution >= 0.6 is 11.6 Å². The maximum absolute atomic E-state index is 11.9. The van der Waals surface area contributed by atoms with Crippen molar-refractivity contribution in [3.05, 3.63) is 29.6 Å². The van der Waals surface area contributed by atoms with Crippen LogP contribution in [0.5, 0.6) is 0 Å². The van der Waals surface area contributed by atoms with Crippen LogP contribution in [-0.4, -0.2) is 34.5 Å². The third kappa shape index (κ3) is 2.73. The Bertz CT molecular complexity index is 616. The van der Waals surface area contributed by atoms with Crippen LogP contribution in [0.2, 0.25) is 0 Å². The smallest absolute Gasteiger partial charge is 0.242 e. The van der Waals surface area contributed by atoms with E-state index in [9.17, 15) is 4.79 Å². The second-order valence-electron chi connectivity index (χ2n) is 4.95. The van der Waals surface area contributed by atoms with Gasteiger partial charge in [-0.3, -0.25) is 4.79 Å². The van der Waals surface area contributed by atoms with E-state index < -0.39 is 0 Å². The van der Waals surface area contributed by atoms with Crippen molar-refractivity contribution in [2.75, 3.05) is 14.1 Å². The molecule has 0 spiro atoms. The van der Waals surface area contributed by atoms with Gasteiger partial charge in [-0.2, -0.15) is 0 Å². The summed E-state index contributed by atoms with van der Waals surface area (Å²) in [6.45, 7) is 4.15. The van der Waals surface area contributed by atoms with E-state index in [0.29, 0.717) is 0 Å². The van der Waals surface area contributed by atoms with Crippen molar-refractivity contribution in [2.45, 2.75) is 25.8 Å². The Morgan fingerprint density at radius 1 is 1.47 bits per heavy atom. The van der Waals surface area contributed by atoms with Crippen LogP contribution in [0.15, 0.2) is 18.2 Å². The second kappa shape index (κ2) is 5.21. The van der Waals surface area contributed by atoms with Crippen LogP contribution in [0.1, 0.15) is 23.7 Å². The van der Waals surface area contributed by atoms with Crippen molar-refractivity contribution < 1.29 is 4.79 Å². The fourth-order valence-electron chi connectivity index (χ4n) is 2.00. The van der Waals surface area contributed by atoms with Gasteiger partial charge in [-0.15, -0.1) is 11.6 Å². The van der Waals surface area contributed by atoms with Gasteiger partial charge in [-0.1, -0.05) is 6.07 Å². The number of fused-ring (bicyclic) bond motifs is 1. The fourth-order valence-corrected chi connectivity index (χ4v) is 2.17. The van der Waals surface area contributed by atoms with Gasteiger partial charge in [0.05, 0.1) is 16.4 Å². The predicted octanol–water partition coefficient (Wildman–Crippen LogP) is 2.73. The zero-order valence-electron chi connectivity index (χ0n) is 11.6. The number of rotatable bonds is 3. The lowest BCUT2D eigenvalue weighted by atomic mass is 10.2. The number of hydrogen-bond donors (Lipinski definition) is 0. The largest absolute Gasteiger partial charge is 0.347 e. The number of carbonyl (C=O) groups excluding carboxylic acids is 1. The van der Waals surface area contributed by atoms with E-state index in [-0.39, 0.29) is 17.8 Å². The quantitative estimate of drug-likeness (QED) is 0.810. The monoisotopic (exact) mass is 279 g/mol. The van der Waals surface area contributed by atoms with Gasteiger partial charge < -0.3 is 9.47 Å². The van der Waals surface area contributed by atoms with E-state index >= 15 is 0 Å². The molecule has 1 aromatic carbocycles. The van der Waals surface area contributed by atoms with Crippen LogP contribution in [0.3, 0.4) is 0 Å². The number of benzene rings is 1. The summed E-state index contributed by atoms with van der Waals surface area (Å²) in [4.78, 5) is 18.0. The van der Waals surface area contributed by atoms with Crippen LogP contribution < -0.4 is 0 Å². The average molecular weight is 280 g/mol. The Morgan fingerprint density at radius 2 is 2.16 bits per heavy atom. The molecule has 1 aromatic heterocycles. The van der Waals surface area contributed by atoms with Gasteiger partial charge in [0.2, 0.25) is 5.91 Å². The molecule has 5 heteroatoms. The number of imidazole rings is 1. The number of amides is 1. The Hall–Kier alpha value is -1.55. The molecule has 0 radical (unpaired) electrons. The van der Waals surface area contributed by atoms with Crippen molar-refractivity contribution in [2.24, 2.45) is 0 Å². The average Bonchev–Trinajstić information content (AvgIpc) is 2.67. The lowest BCUT2D eigenvalue weighted by molar-refractivity contribution is -0.129. The minimum Gasteiger partial charge on any atom is -0.347 e. The van der Waals surface area contributed by atoms with Crippen molar-refractivity contribution in [1.29, 1.82) is 0 Å². The highest BCUT2D eigenvalue weighted by Crippen LogP contribution is 2.25. The highest BCUT2D eigenvalue weighted by Gasteiger charge is 2.17. The maximum Gasteiger partial charge on any atom is 0.242 e. The molecule has 0 aliphatic heterocycles. The first-order valence-electron chi connectivity index (χ1n) is 6.21. The molecule has 1 heterocycles. The third-order valence-corrected chi connectivity index (χ3v) is 3.28. The van der Waals surface area contributed by atoms with Gasteiger partial charge in [0.15, 0.2) is 0 Å². The number of carbonyl (C=O) groups is 1. The van der Waals surface area contributed by atoms with Gasteiger partial charge in [0.1, 0.15) is 12.4 Å². The molecule has 0 aliphatic rings. The first-order chi connectivity index (χ1) is 8.90. The molecule has 1 amide bonds. The van der Waals surface area contributed by atoms with Crippen molar-refractivity contribution in [1.82, 2.24) is 14.5 Å². The minimum atomic E-state index is -0.234. The lowest BCUT2D eigenvalue weighted by Crippen LogP contribution is -2.27. The van der Waals surface area contributed by atoms with Gasteiger partial charge in [0.25, 0.3) is 0 Å². The Morgan fingerprint density at radius 3 is 2.74 bits per heavy atom. The number of halogens is 1. The highest BCUT2D eigenvalue weighted by molar-refractivity contribution is 6.20. The zero-order chi connectivity index (χ0) is 14.2. The summed E-state index contributed by atoms with van der Waals surface area (Å²) < 4.78 is 1.90. The molecular weight excluding hydrogens is 262 g/mol. The molecule has 0 saturated carbocycles. The normalized spacial score (nSPS) is 12.7. The summed E-state index contributed by atoms with van der Waals surface area (Å²) in [5, 5.41) is -0.234. The summed E-state index contributed by atoms with van der Waals surface area (Å²) >= 11 is 6.17. The van der Waals surface area contributed by atoms with E-state index in [2.05, 4.69) is 4.98 Å². The minimum absolute atomic E-state index is 0.0263. The third-order valence-electron chi connectivity index (χ3n) is 3.08. The van der Waals surface area contributed by atoms with Crippen molar-refractivity contribution in [3.63, 3.8) is 0 Å². The number of nitrogens with zero attached hydrogens (tertiary/aromatic N) is 3. The molecule has 4 nitrogen and oxygen atoms in total. The first-order valence-corrected chi connectivity index (χ1v) is 6.65. The van der Waals surface area contributed by atoms with Crippen molar-refractivity contribution in [3.8, 4) is 0 Å². The second-order valence-corrected chi connectivity index (χ2v) is 5.61. The van der Waals surface area contributed by atoms with E-state index in [0.717, 1.165) is 22.4 Å². The molecule has 0 aliphatic carbocycles.